The molecule has 2 heteroatoms. The molecule has 0 N–H and O–H groups in total. The number of hydrogen-bond donors (Lipinski definition) is 0. The van der Waals surface area contributed by atoms with Crippen LogP contribution in [0.4, 0.5) is 0 Å². The van der Waals surface area contributed by atoms with Crippen molar-refractivity contribution in [3.63, 3.8) is 0 Å². The minimum Gasteiger partial charge on any atom is -0.455 e. The molecule has 0 amide bonds. The summed E-state index contributed by atoms with van der Waals surface area (Å²) < 4.78 is 7.02. The molecule has 2 heterocycles. The van der Waals surface area contributed by atoms with Crippen molar-refractivity contribution in [2.24, 2.45) is 0 Å². The minimum absolute atomic E-state index is 0.903. The molecule has 0 radical (unpaired) electrons. The largest absolute Gasteiger partial charge is 0.455 e. The minimum atomic E-state index is 0.903. The summed E-state index contributed by atoms with van der Waals surface area (Å²) in [6.07, 6.45) is 0. The van der Waals surface area contributed by atoms with Crippen LogP contribution in [0.5, 0.6) is 0 Å². The van der Waals surface area contributed by atoms with E-state index in [1.807, 2.05) is 0 Å². The Morgan fingerprint density at radius 1 is 0.322 bits per heavy atom. The van der Waals surface area contributed by atoms with Crippen LogP contribution < -0.4 is 0 Å². The fraction of sp³-hybridized carbons (Fsp3) is 0. The zero-order valence-electron chi connectivity index (χ0n) is 31.9. The first kappa shape index (κ1) is 32.3. The van der Waals surface area contributed by atoms with E-state index in [4.69, 9.17) is 9.40 Å². The van der Waals surface area contributed by atoms with Gasteiger partial charge in [-0.15, -0.1) is 0 Å². The van der Waals surface area contributed by atoms with Gasteiger partial charge in [-0.3, -0.25) is 0 Å². The molecule has 13 aromatic rings. The SMILES string of the molecule is c1ccc(-c2nc3cc(-c4c5ccccc5c(-c5cc6ccccc6c6c5oc5ccc7ccccc7c56)c5ccccc45)ccc3c3c2ccc2ccccc23)cc1. The van der Waals surface area contributed by atoms with E-state index < -0.39 is 0 Å². The average molecular weight is 748 g/mol. The van der Waals surface area contributed by atoms with E-state index in [1.165, 1.54) is 75.8 Å². The van der Waals surface area contributed by atoms with Gasteiger partial charge in [0.25, 0.3) is 0 Å². The lowest BCUT2D eigenvalue weighted by Gasteiger charge is -2.19. The Bertz CT molecular complexity index is 3840. The number of benzene rings is 11. The lowest BCUT2D eigenvalue weighted by molar-refractivity contribution is 0.670. The molecule has 13 rings (SSSR count). The molecule has 0 saturated carbocycles. The lowest BCUT2D eigenvalue weighted by Crippen LogP contribution is -1.94. The molecule has 0 aliphatic rings. The first-order chi connectivity index (χ1) is 29.3. The third-order valence-electron chi connectivity index (χ3n) is 12.6. The van der Waals surface area contributed by atoms with E-state index in [0.29, 0.717) is 0 Å². The van der Waals surface area contributed by atoms with Crippen LogP contribution in [0.25, 0.3) is 131 Å². The normalized spacial score (nSPS) is 12.1. The number of hydrogen-bond acceptors (Lipinski definition) is 2. The van der Waals surface area contributed by atoms with Crippen molar-refractivity contribution in [2.45, 2.75) is 0 Å². The molecule has 2 aromatic heterocycles. The van der Waals surface area contributed by atoms with Crippen molar-refractivity contribution in [1.82, 2.24) is 4.98 Å². The zero-order valence-corrected chi connectivity index (χ0v) is 31.9. The molecule has 11 aromatic carbocycles. The van der Waals surface area contributed by atoms with Crippen LogP contribution in [0, 0.1) is 0 Å². The summed E-state index contributed by atoms with van der Waals surface area (Å²) in [4.78, 5) is 5.48. The summed E-state index contributed by atoms with van der Waals surface area (Å²) in [5.41, 5.74) is 9.54. The van der Waals surface area contributed by atoms with Gasteiger partial charge in [-0.2, -0.15) is 0 Å². The van der Waals surface area contributed by atoms with Crippen LogP contribution in [-0.2, 0) is 0 Å². The first-order valence-corrected chi connectivity index (χ1v) is 20.3. The quantitative estimate of drug-likeness (QED) is 0.133. The average Bonchev–Trinajstić information content (AvgIpc) is 3.71. The Morgan fingerprint density at radius 3 is 1.53 bits per heavy atom. The van der Waals surface area contributed by atoms with E-state index in [9.17, 15) is 0 Å². The van der Waals surface area contributed by atoms with Crippen molar-refractivity contribution >= 4 is 97.5 Å². The summed E-state index contributed by atoms with van der Waals surface area (Å²) in [6, 6.07) is 72.5. The molecular weight excluding hydrogens is 715 g/mol. The molecule has 0 aliphatic heterocycles. The number of pyridine rings is 1. The van der Waals surface area contributed by atoms with Gasteiger partial charge in [0.2, 0.25) is 0 Å². The molecule has 0 fully saturated rings. The zero-order chi connectivity index (χ0) is 38.6. The van der Waals surface area contributed by atoms with Crippen molar-refractivity contribution in [2.75, 3.05) is 0 Å². The Balaban J connectivity index is 1.14. The second-order valence-corrected chi connectivity index (χ2v) is 15.7. The highest BCUT2D eigenvalue weighted by atomic mass is 16.3. The van der Waals surface area contributed by atoms with E-state index in [-0.39, 0.29) is 0 Å². The molecule has 0 saturated heterocycles. The van der Waals surface area contributed by atoms with Gasteiger partial charge in [0.05, 0.1) is 11.2 Å². The maximum atomic E-state index is 7.02. The molecule has 59 heavy (non-hydrogen) atoms. The maximum Gasteiger partial charge on any atom is 0.143 e. The lowest BCUT2D eigenvalue weighted by atomic mass is 9.84. The van der Waals surface area contributed by atoms with Crippen molar-refractivity contribution in [3.8, 4) is 33.5 Å². The van der Waals surface area contributed by atoms with Gasteiger partial charge in [0, 0.05) is 43.6 Å². The van der Waals surface area contributed by atoms with Crippen LogP contribution in [0.3, 0.4) is 0 Å². The number of nitrogens with zero attached hydrogens (tertiary/aromatic N) is 1. The number of aromatic nitrogens is 1. The smallest absolute Gasteiger partial charge is 0.143 e. The van der Waals surface area contributed by atoms with Crippen molar-refractivity contribution in [1.29, 1.82) is 0 Å². The molecule has 0 unspecified atom stereocenters. The molecule has 0 spiro atoms. The van der Waals surface area contributed by atoms with Crippen LogP contribution in [0.1, 0.15) is 0 Å². The van der Waals surface area contributed by atoms with Gasteiger partial charge in [0.15, 0.2) is 0 Å². The van der Waals surface area contributed by atoms with Gasteiger partial charge in [-0.25, -0.2) is 4.98 Å². The second kappa shape index (κ2) is 12.3. The Kier molecular flexibility index (Phi) is 6.76. The fourth-order valence-corrected chi connectivity index (χ4v) is 10.0. The Hall–Kier alpha value is -7.81. The first-order valence-electron chi connectivity index (χ1n) is 20.3. The highest BCUT2D eigenvalue weighted by Gasteiger charge is 2.23. The second-order valence-electron chi connectivity index (χ2n) is 15.7. The standard InChI is InChI=1S/C57H33NO/c1-2-16-36(17-3-1)56-47-30-26-34-14-4-7-19-39(34)52(47)46-29-27-38(33-49(46)58-56)51-42-22-10-12-24-44(42)53(45-25-13-11-23-43(45)51)48-32-37-18-6-9-21-41(37)55-54-40-20-8-5-15-35(40)28-31-50(54)59-57(48)55/h1-33H. The predicted molar refractivity (Wildman–Crippen MR) is 250 cm³/mol. The van der Waals surface area contributed by atoms with Gasteiger partial charge in [-0.05, 0) is 83.2 Å². The highest BCUT2D eigenvalue weighted by Crippen LogP contribution is 2.49. The summed E-state index contributed by atoms with van der Waals surface area (Å²) >= 11 is 0. The summed E-state index contributed by atoms with van der Waals surface area (Å²) in [6.45, 7) is 0. The van der Waals surface area contributed by atoms with Crippen molar-refractivity contribution in [3.05, 3.63) is 200 Å². The molecule has 0 aliphatic carbocycles. The number of fused-ring (bicyclic) bond motifs is 14. The van der Waals surface area contributed by atoms with Gasteiger partial charge in [-0.1, -0.05) is 182 Å². The number of rotatable bonds is 3. The van der Waals surface area contributed by atoms with Gasteiger partial charge in [0.1, 0.15) is 11.2 Å². The van der Waals surface area contributed by atoms with Crippen LogP contribution in [-0.4, -0.2) is 4.98 Å². The monoisotopic (exact) mass is 747 g/mol. The molecular formula is C57H33NO. The molecule has 272 valence electrons. The summed E-state index contributed by atoms with van der Waals surface area (Å²) in [5, 5.41) is 17.9. The molecule has 2 nitrogen and oxygen atoms in total. The third-order valence-corrected chi connectivity index (χ3v) is 12.6. The Morgan fingerprint density at radius 2 is 0.847 bits per heavy atom. The van der Waals surface area contributed by atoms with E-state index in [2.05, 4.69) is 200 Å². The topological polar surface area (TPSA) is 26.0 Å². The highest BCUT2D eigenvalue weighted by molar-refractivity contribution is 6.32. The van der Waals surface area contributed by atoms with Crippen molar-refractivity contribution < 1.29 is 4.42 Å². The summed E-state index contributed by atoms with van der Waals surface area (Å²) in [5.74, 6) is 0. The van der Waals surface area contributed by atoms with E-state index in [0.717, 1.165) is 55.2 Å². The third kappa shape index (κ3) is 4.66. The summed E-state index contributed by atoms with van der Waals surface area (Å²) in [7, 11) is 0. The maximum absolute atomic E-state index is 7.02. The Labute approximate surface area is 339 Å². The predicted octanol–water partition coefficient (Wildman–Crippen LogP) is 16.1. The molecule has 0 atom stereocenters. The fourth-order valence-electron chi connectivity index (χ4n) is 10.0. The van der Waals surface area contributed by atoms with Gasteiger partial charge < -0.3 is 4.42 Å². The van der Waals surface area contributed by atoms with E-state index in [1.54, 1.807) is 0 Å². The van der Waals surface area contributed by atoms with E-state index >= 15 is 0 Å². The van der Waals surface area contributed by atoms with Gasteiger partial charge >= 0.3 is 0 Å². The van der Waals surface area contributed by atoms with Crippen LogP contribution >= 0.6 is 0 Å². The van der Waals surface area contributed by atoms with Crippen LogP contribution in [0.2, 0.25) is 0 Å². The number of furan rings is 1. The van der Waals surface area contributed by atoms with Crippen LogP contribution in [0.15, 0.2) is 205 Å². The molecule has 0 bridgehead atoms.